The lowest BCUT2D eigenvalue weighted by atomic mass is 9.99. The predicted octanol–water partition coefficient (Wildman–Crippen LogP) is 0.319. The Balaban J connectivity index is 2.26. The largest absolute Gasteiger partial charge is 0.465 e. The van der Waals surface area contributed by atoms with Gasteiger partial charge in [0.2, 0.25) is 15.9 Å². The minimum absolute atomic E-state index is 0.0210. The maximum Gasteiger partial charge on any atom is 0.349 e. The second kappa shape index (κ2) is 8.26. The summed E-state index contributed by atoms with van der Waals surface area (Å²) in [6.07, 6.45) is 1.20. The van der Waals surface area contributed by atoms with Gasteiger partial charge in [0.1, 0.15) is 9.77 Å². The van der Waals surface area contributed by atoms with Crippen molar-refractivity contribution in [3.8, 4) is 0 Å². The average Bonchev–Trinajstić information content (AvgIpc) is 3.01. The summed E-state index contributed by atoms with van der Waals surface area (Å²) in [5.41, 5.74) is 5.88. The number of sulfonamides is 1. The molecule has 1 saturated heterocycles. The van der Waals surface area contributed by atoms with E-state index in [0.29, 0.717) is 38.0 Å². The molecule has 0 aromatic carbocycles. The Bertz CT molecular complexity index is 744. The number of piperidine rings is 1. The van der Waals surface area contributed by atoms with Crippen molar-refractivity contribution in [3.05, 3.63) is 15.8 Å². The van der Waals surface area contributed by atoms with Gasteiger partial charge in [0.15, 0.2) is 0 Å². The molecule has 1 unspecified atom stereocenters. The number of hydrogen-bond acceptors (Lipinski definition) is 7. The van der Waals surface area contributed by atoms with E-state index in [1.807, 2.05) is 0 Å². The average molecular weight is 389 g/mol. The van der Waals surface area contributed by atoms with Crippen LogP contribution < -0.4 is 11.1 Å². The number of carbonyl (C=O) groups excluding carboxylic acids is 2. The number of rotatable bonds is 6. The van der Waals surface area contributed by atoms with Crippen LogP contribution in [0.3, 0.4) is 0 Å². The first kappa shape index (κ1) is 19.8. The molecule has 1 aromatic rings. The van der Waals surface area contributed by atoms with E-state index in [4.69, 9.17) is 5.73 Å². The van der Waals surface area contributed by atoms with E-state index in [1.54, 1.807) is 12.3 Å². The molecule has 3 N–H and O–H groups in total. The molecule has 1 aliphatic heterocycles. The van der Waals surface area contributed by atoms with Crippen LogP contribution in [0.5, 0.6) is 0 Å². The first-order valence-electron chi connectivity index (χ1n) is 7.97. The summed E-state index contributed by atoms with van der Waals surface area (Å²) in [6, 6.07) is 0. The van der Waals surface area contributed by atoms with Crippen molar-refractivity contribution in [2.45, 2.75) is 24.7 Å². The van der Waals surface area contributed by atoms with Crippen LogP contribution in [0.1, 0.15) is 28.1 Å². The van der Waals surface area contributed by atoms with E-state index < -0.39 is 21.9 Å². The van der Waals surface area contributed by atoms with Gasteiger partial charge in [0, 0.05) is 26.2 Å². The zero-order chi connectivity index (χ0) is 18.6. The number of methoxy groups -OCH3 is 1. The van der Waals surface area contributed by atoms with Crippen LogP contribution in [0.4, 0.5) is 0 Å². The molecule has 2 heterocycles. The topological polar surface area (TPSA) is 119 Å². The number of nitrogens with zero attached hydrogens (tertiary/aromatic N) is 1. The standard InChI is InChI=1S/C15H23N3O5S2/c1-10-9-24-12(15(20)23-2)13(10)25(21,22)18-7-3-4-11(8-18)14(19)17-6-5-16/h9,11H,3-8,16H2,1-2H3,(H,17,19). The van der Waals surface area contributed by atoms with E-state index in [2.05, 4.69) is 10.1 Å². The van der Waals surface area contributed by atoms with Gasteiger partial charge in [-0.3, -0.25) is 4.79 Å². The van der Waals surface area contributed by atoms with Gasteiger partial charge in [0.25, 0.3) is 0 Å². The fraction of sp³-hybridized carbons (Fsp3) is 0.600. The quantitative estimate of drug-likeness (QED) is 0.676. The molecule has 10 heteroatoms. The fourth-order valence-corrected chi connectivity index (χ4v) is 6.01. The van der Waals surface area contributed by atoms with E-state index in [9.17, 15) is 18.0 Å². The van der Waals surface area contributed by atoms with E-state index >= 15 is 0 Å². The van der Waals surface area contributed by atoms with Crippen LogP contribution in [0.15, 0.2) is 10.3 Å². The molecule has 140 valence electrons. The second-order valence-corrected chi connectivity index (χ2v) is 8.60. The third-order valence-electron chi connectivity index (χ3n) is 4.09. The Morgan fingerprint density at radius 3 is 2.84 bits per heavy atom. The molecular formula is C15H23N3O5S2. The molecular weight excluding hydrogens is 366 g/mol. The van der Waals surface area contributed by atoms with Crippen molar-refractivity contribution in [1.29, 1.82) is 0 Å². The normalized spacial score (nSPS) is 18.8. The van der Waals surface area contributed by atoms with Crippen LogP contribution in [0.25, 0.3) is 0 Å². The molecule has 0 saturated carbocycles. The van der Waals surface area contributed by atoms with Crippen molar-refractivity contribution in [2.75, 3.05) is 33.3 Å². The third-order valence-corrected chi connectivity index (χ3v) is 7.35. The van der Waals surface area contributed by atoms with Crippen LogP contribution in [-0.2, 0) is 19.6 Å². The summed E-state index contributed by atoms with van der Waals surface area (Å²) in [4.78, 5) is 24.1. The van der Waals surface area contributed by atoms with Crippen molar-refractivity contribution in [3.63, 3.8) is 0 Å². The number of esters is 1. The number of ether oxygens (including phenoxy) is 1. The first-order chi connectivity index (χ1) is 11.8. The molecule has 8 nitrogen and oxygen atoms in total. The van der Waals surface area contributed by atoms with Gasteiger partial charge in [-0.2, -0.15) is 4.31 Å². The highest BCUT2D eigenvalue weighted by Crippen LogP contribution is 2.32. The minimum Gasteiger partial charge on any atom is -0.465 e. The predicted molar refractivity (Wildman–Crippen MR) is 93.9 cm³/mol. The summed E-state index contributed by atoms with van der Waals surface area (Å²) in [6.45, 7) is 2.74. The lowest BCUT2D eigenvalue weighted by molar-refractivity contribution is -0.126. The monoisotopic (exact) mass is 389 g/mol. The highest BCUT2D eigenvalue weighted by Gasteiger charge is 2.37. The number of amides is 1. The number of thiophene rings is 1. The Morgan fingerprint density at radius 2 is 2.20 bits per heavy atom. The van der Waals surface area contributed by atoms with Crippen LogP contribution in [0, 0.1) is 12.8 Å². The number of carbonyl (C=O) groups is 2. The highest BCUT2D eigenvalue weighted by molar-refractivity contribution is 7.89. The van der Waals surface area contributed by atoms with Crippen LogP contribution in [0.2, 0.25) is 0 Å². The molecule has 2 rings (SSSR count). The van der Waals surface area contributed by atoms with Gasteiger partial charge >= 0.3 is 5.97 Å². The molecule has 1 amide bonds. The van der Waals surface area contributed by atoms with Crippen molar-refractivity contribution in [1.82, 2.24) is 9.62 Å². The summed E-state index contributed by atoms with van der Waals surface area (Å²) < 4.78 is 32.1. The SMILES string of the molecule is COC(=O)c1scc(C)c1S(=O)(=O)N1CCCC(C(=O)NCCN)C1. The van der Waals surface area contributed by atoms with Gasteiger partial charge in [0.05, 0.1) is 13.0 Å². The molecule has 0 bridgehead atoms. The van der Waals surface area contributed by atoms with Crippen molar-refractivity contribution in [2.24, 2.45) is 11.7 Å². The summed E-state index contributed by atoms with van der Waals surface area (Å²) >= 11 is 1.04. The van der Waals surface area contributed by atoms with Crippen molar-refractivity contribution >= 4 is 33.2 Å². The van der Waals surface area contributed by atoms with Gasteiger partial charge in [-0.05, 0) is 30.7 Å². The summed E-state index contributed by atoms with van der Waals surface area (Å²) in [7, 11) is -2.67. The second-order valence-electron chi connectivity index (χ2n) is 5.85. The van der Waals surface area contributed by atoms with Crippen molar-refractivity contribution < 1.29 is 22.7 Å². The van der Waals surface area contributed by atoms with Gasteiger partial charge in [-0.1, -0.05) is 0 Å². The molecule has 0 radical (unpaired) electrons. The number of nitrogens with one attached hydrogen (secondary N) is 1. The van der Waals surface area contributed by atoms with Crippen LogP contribution in [-0.4, -0.2) is 57.9 Å². The molecule has 1 aromatic heterocycles. The smallest absolute Gasteiger partial charge is 0.349 e. The molecule has 0 aliphatic carbocycles. The summed E-state index contributed by atoms with van der Waals surface area (Å²) in [5.74, 6) is -1.29. The van der Waals surface area contributed by atoms with E-state index in [1.165, 1.54) is 11.4 Å². The fourth-order valence-electron chi connectivity index (χ4n) is 2.83. The number of nitrogens with two attached hydrogens (primary N) is 1. The Morgan fingerprint density at radius 1 is 1.48 bits per heavy atom. The molecule has 1 fully saturated rings. The van der Waals surface area contributed by atoms with Crippen LogP contribution >= 0.6 is 11.3 Å². The van der Waals surface area contributed by atoms with Gasteiger partial charge in [-0.15, -0.1) is 11.3 Å². The lowest BCUT2D eigenvalue weighted by Crippen LogP contribution is -2.46. The Kier molecular flexibility index (Phi) is 6.55. The maximum absolute atomic E-state index is 13.1. The van der Waals surface area contributed by atoms with E-state index in [0.717, 1.165) is 11.3 Å². The highest BCUT2D eigenvalue weighted by atomic mass is 32.2. The zero-order valence-electron chi connectivity index (χ0n) is 14.3. The summed E-state index contributed by atoms with van der Waals surface area (Å²) in [5, 5.41) is 4.32. The lowest BCUT2D eigenvalue weighted by Gasteiger charge is -2.31. The minimum atomic E-state index is -3.88. The maximum atomic E-state index is 13.1. The molecule has 25 heavy (non-hydrogen) atoms. The first-order valence-corrected chi connectivity index (χ1v) is 10.3. The molecule has 1 atom stereocenters. The molecule has 0 spiro atoms. The van der Waals surface area contributed by atoms with Gasteiger partial charge < -0.3 is 15.8 Å². The zero-order valence-corrected chi connectivity index (χ0v) is 15.9. The Hall–Kier alpha value is -1.49. The number of aryl methyl sites for hydroxylation is 1. The molecule has 1 aliphatic rings. The van der Waals surface area contributed by atoms with Gasteiger partial charge in [-0.25, -0.2) is 13.2 Å². The van der Waals surface area contributed by atoms with E-state index in [-0.39, 0.29) is 22.2 Å². The Labute approximate surface area is 151 Å². The third kappa shape index (κ3) is 4.20. The number of hydrogen-bond donors (Lipinski definition) is 2.